The summed E-state index contributed by atoms with van der Waals surface area (Å²) >= 11 is 0. The van der Waals surface area contributed by atoms with E-state index in [-0.39, 0.29) is 0 Å². The van der Waals surface area contributed by atoms with Crippen LogP contribution in [-0.4, -0.2) is 14.2 Å². The predicted octanol–water partition coefficient (Wildman–Crippen LogP) is 2.44. The summed E-state index contributed by atoms with van der Waals surface area (Å²) in [5, 5.41) is 1.97. The Kier molecular flexibility index (Phi) is 2.37. The van der Waals surface area contributed by atoms with Gasteiger partial charge in [-0.1, -0.05) is 24.3 Å². The Bertz CT molecular complexity index is 494. The Morgan fingerprint density at radius 2 is 1.67 bits per heavy atom. The van der Waals surface area contributed by atoms with Crippen molar-refractivity contribution in [2.45, 2.75) is 0 Å². The van der Waals surface area contributed by atoms with E-state index >= 15 is 0 Å². The predicted molar refractivity (Wildman–Crippen MR) is 61.5 cm³/mol. The number of hydrogen-bond acceptors (Lipinski definition) is 3. The van der Waals surface area contributed by atoms with Gasteiger partial charge in [-0.15, -0.1) is 0 Å². The lowest BCUT2D eigenvalue weighted by Crippen LogP contribution is -1.95. The van der Waals surface area contributed by atoms with Crippen molar-refractivity contribution in [1.82, 2.24) is 0 Å². The van der Waals surface area contributed by atoms with Crippen molar-refractivity contribution in [1.29, 1.82) is 0 Å². The van der Waals surface area contributed by atoms with E-state index < -0.39 is 0 Å². The fourth-order valence-electron chi connectivity index (χ4n) is 1.73. The summed E-state index contributed by atoms with van der Waals surface area (Å²) in [5.74, 6) is 1.47. The topological polar surface area (TPSA) is 44.5 Å². The maximum Gasteiger partial charge on any atom is 0.149 e. The molecule has 3 heteroatoms. The molecule has 3 nitrogen and oxygen atoms in total. The summed E-state index contributed by atoms with van der Waals surface area (Å²) in [6.07, 6.45) is 0. The van der Waals surface area contributed by atoms with Crippen molar-refractivity contribution in [2.24, 2.45) is 0 Å². The number of nitrogens with two attached hydrogens (primary N) is 1. The smallest absolute Gasteiger partial charge is 0.149 e. The maximum atomic E-state index is 5.87. The summed E-state index contributed by atoms with van der Waals surface area (Å²) in [5.41, 5.74) is 6.46. The van der Waals surface area contributed by atoms with Crippen LogP contribution in [0.2, 0.25) is 0 Å². The highest BCUT2D eigenvalue weighted by Gasteiger charge is 2.10. The second-order valence-electron chi connectivity index (χ2n) is 3.25. The Morgan fingerprint density at radius 3 is 2.27 bits per heavy atom. The second-order valence-corrected chi connectivity index (χ2v) is 3.25. The van der Waals surface area contributed by atoms with Crippen LogP contribution in [0.5, 0.6) is 11.5 Å². The van der Waals surface area contributed by atoms with E-state index in [1.165, 1.54) is 0 Å². The lowest BCUT2D eigenvalue weighted by molar-refractivity contribution is 0.412. The van der Waals surface area contributed by atoms with E-state index in [0.717, 1.165) is 16.5 Å². The third-order valence-electron chi connectivity index (χ3n) is 2.41. The quantitative estimate of drug-likeness (QED) is 0.762. The monoisotopic (exact) mass is 203 g/mol. The highest BCUT2D eigenvalue weighted by atomic mass is 16.5. The first-order chi connectivity index (χ1) is 7.27. The van der Waals surface area contributed by atoms with Gasteiger partial charge in [-0.05, 0) is 0 Å². The Balaban J connectivity index is 2.86. The molecule has 0 saturated heterocycles. The van der Waals surface area contributed by atoms with Crippen LogP contribution >= 0.6 is 0 Å². The molecule has 2 aromatic rings. The molecule has 0 spiro atoms. The van der Waals surface area contributed by atoms with Crippen molar-refractivity contribution < 1.29 is 9.47 Å². The van der Waals surface area contributed by atoms with E-state index in [9.17, 15) is 0 Å². The molecule has 2 rings (SSSR count). The summed E-state index contributed by atoms with van der Waals surface area (Å²) in [4.78, 5) is 0. The number of benzene rings is 2. The molecule has 0 fully saturated rings. The van der Waals surface area contributed by atoms with Gasteiger partial charge in [-0.25, -0.2) is 0 Å². The molecule has 0 heterocycles. The molecule has 0 saturated carbocycles. The molecule has 0 atom stereocenters. The average molecular weight is 203 g/mol. The molecule has 0 aliphatic rings. The first-order valence-electron chi connectivity index (χ1n) is 4.67. The molecule has 2 aromatic carbocycles. The highest BCUT2D eigenvalue weighted by Crippen LogP contribution is 2.37. The molecule has 0 aliphatic carbocycles. The lowest BCUT2D eigenvalue weighted by atomic mass is 10.1. The van der Waals surface area contributed by atoms with E-state index in [2.05, 4.69) is 0 Å². The van der Waals surface area contributed by atoms with Crippen LogP contribution in [0.3, 0.4) is 0 Å². The lowest BCUT2D eigenvalue weighted by Gasteiger charge is -2.12. The maximum absolute atomic E-state index is 5.87. The van der Waals surface area contributed by atoms with Crippen LogP contribution in [0, 0.1) is 0 Å². The van der Waals surface area contributed by atoms with Gasteiger partial charge in [0, 0.05) is 16.8 Å². The van der Waals surface area contributed by atoms with Crippen LogP contribution in [0.25, 0.3) is 10.8 Å². The first kappa shape index (κ1) is 9.65. The largest absolute Gasteiger partial charge is 0.496 e. The minimum Gasteiger partial charge on any atom is -0.496 e. The third kappa shape index (κ3) is 1.46. The van der Waals surface area contributed by atoms with Gasteiger partial charge in [0.2, 0.25) is 0 Å². The average Bonchev–Trinajstić information content (AvgIpc) is 2.28. The molecular formula is C12H13NO2. The van der Waals surface area contributed by atoms with E-state index in [1.54, 1.807) is 20.3 Å². The fourth-order valence-corrected chi connectivity index (χ4v) is 1.73. The van der Waals surface area contributed by atoms with Crippen LogP contribution in [0.4, 0.5) is 5.69 Å². The zero-order valence-corrected chi connectivity index (χ0v) is 8.78. The standard InChI is InChI=1S/C12H13NO2/c1-14-11-7-10(13)12(15-2)9-6-4-3-5-8(9)11/h3-7H,13H2,1-2H3. The van der Waals surface area contributed by atoms with Gasteiger partial charge in [-0.3, -0.25) is 0 Å². The summed E-state index contributed by atoms with van der Waals surface area (Å²) < 4.78 is 10.5. The number of rotatable bonds is 2. The van der Waals surface area contributed by atoms with Gasteiger partial charge >= 0.3 is 0 Å². The molecule has 0 amide bonds. The number of hydrogen-bond donors (Lipinski definition) is 1. The van der Waals surface area contributed by atoms with Gasteiger partial charge < -0.3 is 15.2 Å². The third-order valence-corrected chi connectivity index (χ3v) is 2.41. The van der Waals surface area contributed by atoms with E-state index in [1.807, 2.05) is 24.3 Å². The summed E-state index contributed by atoms with van der Waals surface area (Å²) in [6, 6.07) is 9.63. The van der Waals surface area contributed by atoms with E-state index in [0.29, 0.717) is 11.4 Å². The van der Waals surface area contributed by atoms with Gasteiger partial charge in [0.25, 0.3) is 0 Å². The second kappa shape index (κ2) is 3.69. The molecule has 0 aliphatic heterocycles. The van der Waals surface area contributed by atoms with Crippen LogP contribution in [0.15, 0.2) is 30.3 Å². The van der Waals surface area contributed by atoms with Crippen LogP contribution in [-0.2, 0) is 0 Å². The van der Waals surface area contributed by atoms with Gasteiger partial charge in [0.1, 0.15) is 11.5 Å². The van der Waals surface area contributed by atoms with Crippen LogP contribution in [0.1, 0.15) is 0 Å². The van der Waals surface area contributed by atoms with Crippen LogP contribution < -0.4 is 15.2 Å². The first-order valence-corrected chi connectivity index (χ1v) is 4.67. The zero-order valence-electron chi connectivity index (χ0n) is 8.78. The van der Waals surface area contributed by atoms with Gasteiger partial charge in [0.05, 0.1) is 19.9 Å². The zero-order chi connectivity index (χ0) is 10.8. The Labute approximate surface area is 88.4 Å². The molecule has 0 aromatic heterocycles. The fraction of sp³-hybridized carbons (Fsp3) is 0.167. The van der Waals surface area contributed by atoms with Crippen molar-refractivity contribution >= 4 is 16.5 Å². The number of nitrogen functional groups attached to an aromatic ring is 1. The van der Waals surface area contributed by atoms with Gasteiger partial charge in [-0.2, -0.15) is 0 Å². The number of fused-ring (bicyclic) bond motifs is 1. The number of methoxy groups -OCH3 is 2. The summed E-state index contributed by atoms with van der Waals surface area (Å²) in [7, 11) is 3.25. The van der Waals surface area contributed by atoms with Crippen molar-refractivity contribution in [3.8, 4) is 11.5 Å². The Morgan fingerprint density at radius 1 is 1.00 bits per heavy atom. The minimum atomic E-state index is 0.591. The molecule has 0 radical (unpaired) electrons. The highest BCUT2D eigenvalue weighted by molar-refractivity contribution is 5.97. The number of anilines is 1. The Hall–Kier alpha value is -1.90. The SMILES string of the molecule is COc1cc(N)c(OC)c2ccccc12. The normalized spacial score (nSPS) is 10.3. The van der Waals surface area contributed by atoms with Crippen molar-refractivity contribution in [3.63, 3.8) is 0 Å². The molecule has 2 N–H and O–H groups in total. The van der Waals surface area contributed by atoms with Gasteiger partial charge in [0.15, 0.2) is 0 Å². The minimum absolute atomic E-state index is 0.591. The molecule has 0 unspecified atom stereocenters. The summed E-state index contributed by atoms with van der Waals surface area (Å²) in [6.45, 7) is 0. The van der Waals surface area contributed by atoms with E-state index in [4.69, 9.17) is 15.2 Å². The molecule has 0 bridgehead atoms. The van der Waals surface area contributed by atoms with Crippen molar-refractivity contribution in [3.05, 3.63) is 30.3 Å². The molecular weight excluding hydrogens is 190 g/mol. The number of ether oxygens (including phenoxy) is 2. The molecule has 15 heavy (non-hydrogen) atoms. The van der Waals surface area contributed by atoms with Crippen molar-refractivity contribution in [2.75, 3.05) is 20.0 Å². The molecule has 78 valence electrons.